The van der Waals surface area contributed by atoms with Crippen molar-refractivity contribution in [2.75, 3.05) is 11.5 Å². The van der Waals surface area contributed by atoms with Gasteiger partial charge in [-0.3, -0.25) is 14.4 Å². The number of Topliss-reactive ketones (excluding diaryl/α,β-unsaturated/α-hetero) is 1. The van der Waals surface area contributed by atoms with Gasteiger partial charge in [0.05, 0.1) is 17.5 Å². The van der Waals surface area contributed by atoms with E-state index in [-0.39, 0.29) is 36.0 Å². The van der Waals surface area contributed by atoms with Gasteiger partial charge in [0.25, 0.3) is 0 Å². The average molecular weight is 454 g/mol. The summed E-state index contributed by atoms with van der Waals surface area (Å²) in [4.78, 5) is 39.6. The molecule has 2 atom stereocenters. The highest BCUT2D eigenvalue weighted by molar-refractivity contribution is 9.10. The Bertz CT molecular complexity index is 1010. The topological polar surface area (TPSA) is 63.7 Å². The van der Waals surface area contributed by atoms with E-state index >= 15 is 0 Å². The van der Waals surface area contributed by atoms with E-state index in [1.807, 2.05) is 13.0 Å². The average Bonchev–Trinajstić information content (AvgIpc) is 2.96. The zero-order chi connectivity index (χ0) is 20.5. The van der Waals surface area contributed by atoms with Crippen molar-refractivity contribution in [2.24, 2.45) is 11.8 Å². The number of amides is 2. The summed E-state index contributed by atoms with van der Waals surface area (Å²) in [5.74, 6) is -0.849. The van der Waals surface area contributed by atoms with E-state index < -0.39 is 0 Å². The zero-order valence-corrected chi connectivity index (χ0v) is 17.5. The van der Waals surface area contributed by atoms with Gasteiger partial charge >= 0.3 is 0 Å². The van der Waals surface area contributed by atoms with Crippen LogP contribution in [-0.4, -0.2) is 24.2 Å². The van der Waals surface area contributed by atoms with Crippen molar-refractivity contribution in [3.05, 3.63) is 70.2 Å². The smallest absolute Gasteiger partial charge is 0.238 e. The van der Waals surface area contributed by atoms with E-state index in [2.05, 4.69) is 15.9 Å². The van der Waals surface area contributed by atoms with Crippen molar-refractivity contribution in [3.63, 3.8) is 0 Å². The fourth-order valence-corrected chi connectivity index (χ4v) is 4.17. The van der Waals surface area contributed by atoms with Crippen LogP contribution in [-0.2, 0) is 9.59 Å². The number of halogens is 1. The number of anilines is 1. The second-order valence-corrected chi connectivity index (χ2v) is 8.32. The largest absolute Gasteiger partial charge is 0.483 e. The number of carbonyl (C=O) groups is 3. The molecule has 29 heavy (non-hydrogen) atoms. The molecule has 0 radical (unpaired) electrons. The summed E-state index contributed by atoms with van der Waals surface area (Å²) in [5, 5.41) is 0. The summed E-state index contributed by atoms with van der Waals surface area (Å²) in [6.07, 6.45) is 3.23. The summed E-state index contributed by atoms with van der Waals surface area (Å²) in [7, 11) is 0. The molecule has 2 amide bonds. The number of rotatable bonds is 5. The van der Waals surface area contributed by atoms with E-state index in [1.165, 1.54) is 4.90 Å². The van der Waals surface area contributed by atoms with Gasteiger partial charge in [0.15, 0.2) is 12.4 Å². The van der Waals surface area contributed by atoms with Crippen LogP contribution in [0.5, 0.6) is 5.75 Å². The molecule has 6 heteroatoms. The predicted octanol–water partition coefficient (Wildman–Crippen LogP) is 4.56. The molecule has 1 heterocycles. The minimum Gasteiger partial charge on any atom is -0.483 e. The third kappa shape index (κ3) is 3.77. The van der Waals surface area contributed by atoms with Gasteiger partial charge in [0, 0.05) is 10.0 Å². The summed E-state index contributed by atoms with van der Waals surface area (Å²) in [6, 6.07) is 13.9. The fraction of sp³-hybridized carbons (Fsp3) is 0.261. The molecule has 5 nitrogen and oxygen atoms in total. The third-order valence-electron chi connectivity index (χ3n) is 5.45. The molecule has 0 bridgehead atoms. The summed E-state index contributed by atoms with van der Waals surface area (Å²) in [6.45, 7) is 1.81. The molecule has 0 spiro atoms. The van der Waals surface area contributed by atoms with E-state index in [0.717, 1.165) is 10.0 Å². The van der Waals surface area contributed by atoms with Crippen LogP contribution in [0.4, 0.5) is 5.69 Å². The molecule has 0 saturated carbocycles. The van der Waals surface area contributed by atoms with Crippen molar-refractivity contribution in [1.29, 1.82) is 0 Å². The number of hydrogen-bond acceptors (Lipinski definition) is 4. The Morgan fingerprint density at radius 2 is 1.76 bits per heavy atom. The Labute approximate surface area is 177 Å². The molecule has 0 N–H and O–H groups in total. The van der Waals surface area contributed by atoms with Gasteiger partial charge in [-0.15, -0.1) is 0 Å². The summed E-state index contributed by atoms with van der Waals surface area (Å²) >= 11 is 3.34. The van der Waals surface area contributed by atoms with Gasteiger partial charge in [-0.05, 0) is 44.0 Å². The normalized spacial score (nSPS) is 21.0. The lowest BCUT2D eigenvalue weighted by atomic mass is 9.82. The number of carbonyl (C=O) groups excluding carboxylic acids is 3. The van der Waals surface area contributed by atoms with Crippen molar-refractivity contribution < 1.29 is 19.1 Å². The van der Waals surface area contributed by atoms with Gasteiger partial charge in [-0.2, -0.15) is 0 Å². The van der Waals surface area contributed by atoms with Gasteiger partial charge < -0.3 is 4.74 Å². The quantitative estimate of drug-likeness (QED) is 0.378. The maximum Gasteiger partial charge on any atom is 0.238 e. The van der Waals surface area contributed by atoms with E-state index in [4.69, 9.17) is 4.74 Å². The van der Waals surface area contributed by atoms with Crippen LogP contribution in [0.25, 0.3) is 0 Å². The van der Waals surface area contributed by atoms with Gasteiger partial charge in [-0.25, -0.2) is 4.90 Å². The Kier molecular flexibility index (Phi) is 5.37. The second-order valence-electron chi connectivity index (χ2n) is 7.40. The molecule has 4 rings (SSSR count). The van der Waals surface area contributed by atoms with E-state index in [0.29, 0.717) is 29.8 Å². The lowest BCUT2D eigenvalue weighted by Gasteiger charge is -2.19. The lowest BCUT2D eigenvalue weighted by molar-refractivity contribution is -0.122. The van der Waals surface area contributed by atoms with E-state index in [9.17, 15) is 14.4 Å². The number of fused-ring (bicyclic) bond motifs is 1. The molecule has 1 saturated heterocycles. The van der Waals surface area contributed by atoms with Crippen LogP contribution < -0.4 is 9.64 Å². The first-order valence-electron chi connectivity index (χ1n) is 9.49. The first kappa shape index (κ1) is 19.6. The molecule has 2 aliphatic rings. The third-order valence-corrected chi connectivity index (χ3v) is 5.98. The molecular formula is C23H20BrNO4. The van der Waals surface area contributed by atoms with Gasteiger partial charge in [0.2, 0.25) is 11.8 Å². The number of allylic oxidation sites excluding steroid dienone is 2. The van der Waals surface area contributed by atoms with Gasteiger partial charge in [-0.1, -0.05) is 51.8 Å². The number of nitrogens with zero attached hydrogens (tertiary/aromatic N) is 1. The minimum absolute atomic E-state index is 0.178. The molecule has 2 unspecified atom stereocenters. The number of ether oxygens (including phenoxy) is 1. The van der Waals surface area contributed by atoms with Crippen molar-refractivity contribution in [2.45, 2.75) is 19.8 Å². The van der Waals surface area contributed by atoms with Gasteiger partial charge in [0.1, 0.15) is 5.75 Å². The number of ketones is 1. The highest BCUT2D eigenvalue weighted by Crippen LogP contribution is 2.42. The van der Waals surface area contributed by atoms with Crippen molar-refractivity contribution in [1.82, 2.24) is 0 Å². The molecule has 2 aromatic carbocycles. The number of benzene rings is 2. The molecular weight excluding hydrogens is 434 g/mol. The Morgan fingerprint density at radius 1 is 1.07 bits per heavy atom. The second kappa shape index (κ2) is 7.95. The lowest BCUT2D eigenvalue weighted by Crippen LogP contribution is -2.31. The SMILES string of the molecule is CC1=CCC2C(=O)N(c3ccccc3OCC(=O)c3ccc(Br)cc3)C(=O)C2C1. The van der Waals surface area contributed by atoms with Crippen molar-refractivity contribution in [3.8, 4) is 5.75 Å². The Hall–Kier alpha value is -2.73. The van der Waals surface area contributed by atoms with Crippen LogP contribution in [0.1, 0.15) is 30.1 Å². The van der Waals surface area contributed by atoms with Crippen LogP contribution in [0.15, 0.2) is 64.7 Å². The van der Waals surface area contributed by atoms with Crippen LogP contribution >= 0.6 is 15.9 Å². The maximum absolute atomic E-state index is 13.0. The van der Waals surface area contributed by atoms with Crippen molar-refractivity contribution >= 4 is 39.2 Å². The maximum atomic E-state index is 13.0. The molecule has 2 aromatic rings. The standard InChI is InChI=1S/C23H20BrNO4/c1-14-6-11-17-18(12-14)23(28)25(22(17)27)19-4-2-3-5-21(19)29-13-20(26)15-7-9-16(24)10-8-15/h2-10,17-18H,11-13H2,1H3. The van der Waals surface area contributed by atoms with Crippen LogP contribution in [0, 0.1) is 11.8 Å². The Morgan fingerprint density at radius 3 is 2.52 bits per heavy atom. The molecule has 1 fully saturated rings. The van der Waals surface area contributed by atoms with Crippen LogP contribution in [0.3, 0.4) is 0 Å². The highest BCUT2D eigenvalue weighted by Gasteiger charge is 2.49. The Balaban J connectivity index is 1.54. The number of para-hydroxylation sites is 2. The number of hydrogen-bond donors (Lipinski definition) is 0. The highest BCUT2D eigenvalue weighted by atomic mass is 79.9. The molecule has 0 aromatic heterocycles. The first-order chi connectivity index (χ1) is 14.0. The summed E-state index contributed by atoms with van der Waals surface area (Å²) < 4.78 is 6.63. The molecule has 1 aliphatic carbocycles. The first-order valence-corrected chi connectivity index (χ1v) is 10.3. The monoisotopic (exact) mass is 453 g/mol. The summed E-state index contributed by atoms with van der Waals surface area (Å²) in [5.41, 5.74) is 2.07. The molecule has 1 aliphatic heterocycles. The number of imide groups is 1. The van der Waals surface area contributed by atoms with Crippen LogP contribution in [0.2, 0.25) is 0 Å². The fourth-order valence-electron chi connectivity index (χ4n) is 3.90. The van der Waals surface area contributed by atoms with E-state index in [1.54, 1.807) is 48.5 Å². The predicted molar refractivity (Wildman–Crippen MR) is 113 cm³/mol. The molecule has 148 valence electrons. The zero-order valence-electron chi connectivity index (χ0n) is 15.9. The minimum atomic E-state index is -0.316.